The van der Waals surface area contributed by atoms with Gasteiger partial charge in [0.05, 0.1) is 12.7 Å². The second-order valence-electron chi connectivity index (χ2n) is 5.19. The number of carbonyl (C=O) groups excluding carboxylic acids is 1. The van der Waals surface area contributed by atoms with Crippen molar-refractivity contribution < 1.29 is 9.53 Å². The Balaban J connectivity index is 2.23. The van der Waals surface area contributed by atoms with Crippen LogP contribution in [-0.2, 0) is 9.53 Å². The fourth-order valence-corrected chi connectivity index (χ4v) is 3.52. The summed E-state index contributed by atoms with van der Waals surface area (Å²) in [6.45, 7) is 1.99. The summed E-state index contributed by atoms with van der Waals surface area (Å²) in [5.74, 6) is 0.269. The van der Waals surface area contributed by atoms with E-state index in [2.05, 4.69) is 31.3 Å². The van der Waals surface area contributed by atoms with Crippen LogP contribution in [0.1, 0.15) is 24.9 Å². The first kappa shape index (κ1) is 17.0. The van der Waals surface area contributed by atoms with Crippen molar-refractivity contribution in [2.24, 2.45) is 0 Å². The Kier molecular flexibility index (Phi) is 4.96. The summed E-state index contributed by atoms with van der Waals surface area (Å²) in [5.41, 5.74) is 2.30. The van der Waals surface area contributed by atoms with E-state index in [0.717, 1.165) is 15.7 Å². The number of esters is 1. The number of methoxy groups -OCH3 is 1. The van der Waals surface area contributed by atoms with Crippen LogP contribution in [0.2, 0.25) is 0 Å². The molecule has 0 fully saturated rings. The van der Waals surface area contributed by atoms with E-state index in [4.69, 9.17) is 4.74 Å². The van der Waals surface area contributed by atoms with Crippen LogP contribution < -0.4 is 5.32 Å². The highest BCUT2D eigenvalue weighted by Crippen LogP contribution is 2.37. The average molecular weight is 409 g/mol. The van der Waals surface area contributed by atoms with E-state index in [9.17, 15) is 4.79 Å². The number of thioether (sulfide) groups is 1. The molecule has 1 atom stereocenters. The fourth-order valence-electron chi connectivity index (χ4n) is 2.75. The van der Waals surface area contributed by atoms with Crippen molar-refractivity contribution in [2.75, 3.05) is 18.7 Å². The molecule has 0 radical (unpaired) electrons. The predicted octanol–water partition coefficient (Wildman–Crippen LogP) is 3.61. The van der Waals surface area contributed by atoms with Crippen molar-refractivity contribution in [3.8, 4) is 0 Å². The largest absolute Gasteiger partial charge is 0.466 e. The third-order valence-electron chi connectivity index (χ3n) is 3.82. The Morgan fingerprint density at radius 3 is 2.92 bits per heavy atom. The molecule has 1 N–H and O–H groups in total. The van der Waals surface area contributed by atoms with Gasteiger partial charge in [-0.25, -0.2) is 9.48 Å². The van der Waals surface area contributed by atoms with Crippen LogP contribution in [0.3, 0.4) is 0 Å². The van der Waals surface area contributed by atoms with E-state index in [0.29, 0.717) is 23.1 Å². The highest BCUT2D eigenvalue weighted by molar-refractivity contribution is 9.10. The lowest BCUT2D eigenvalue weighted by Gasteiger charge is -2.28. The highest BCUT2D eigenvalue weighted by Gasteiger charge is 2.35. The zero-order valence-electron chi connectivity index (χ0n) is 13.5. The van der Waals surface area contributed by atoms with Crippen molar-refractivity contribution in [3.63, 3.8) is 0 Å². The van der Waals surface area contributed by atoms with E-state index in [1.165, 1.54) is 18.9 Å². The first-order chi connectivity index (χ1) is 11.6. The van der Waals surface area contributed by atoms with Gasteiger partial charge in [0.1, 0.15) is 6.04 Å². The molecule has 1 aliphatic heterocycles. The summed E-state index contributed by atoms with van der Waals surface area (Å²) in [6.07, 6.45) is 2.58. The minimum Gasteiger partial charge on any atom is -0.466 e. The summed E-state index contributed by atoms with van der Waals surface area (Å²) >= 11 is 4.96. The van der Waals surface area contributed by atoms with Crippen molar-refractivity contribution in [1.29, 1.82) is 0 Å². The molecule has 0 bridgehead atoms. The lowest BCUT2D eigenvalue weighted by Crippen LogP contribution is -2.30. The molecule has 2 heterocycles. The maximum Gasteiger partial charge on any atom is 0.338 e. The van der Waals surface area contributed by atoms with Crippen LogP contribution in [-0.4, -0.2) is 34.1 Å². The van der Waals surface area contributed by atoms with Crippen molar-refractivity contribution in [2.45, 2.75) is 24.5 Å². The van der Waals surface area contributed by atoms with Gasteiger partial charge in [0.25, 0.3) is 0 Å². The third-order valence-corrected chi connectivity index (χ3v) is 4.85. The molecule has 8 heteroatoms. The molecule has 0 saturated heterocycles. The molecular weight excluding hydrogens is 392 g/mol. The van der Waals surface area contributed by atoms with Crippen LogP contribution in [0.4, 0.5) is 5.95 Å². The number of benzene rings is 1. The summed E-state index contributed by atoms with van der Waals surface area (Å²) in [4.78, 5) is 17.0. The molecule has 0 spiro atoms. The number of aromatic nitrogens is 3. The zero-order valence-corrected chi connectivity index (χ0v) is 15.9. The topological polar surface area (TPSA) is 69.0 Å². The maximum atomic E-state index is 12.5. The van der Waals surface area contributed by atoms with Crippen molar-refractivity contribution >= 4 is 39.6 Å². The van der Waals surface area contributed by atoms with Gasteiger partial charge in [0.2, 0.25) is 11.1 Å². The molecule has 1 aromatic heterocycles. The number of ether oxygens (including phenoxy) is 1. The Hall–Kier alpha value is -1.80. The van der Waals surface area contributed by atoms with Gasteiger partial charge < -0.3 is 10.1 Å². The number of fused-ring (bicyclic) bond motifs is 1. The van der Waals surface area contributed by atoms with Gasteiger partial charge in [-0.05, 0) is 30.4 Å². The molecule has 1 aliphatic rings. The second kappa shape index (κ2) is 6.98. The number of nitrogens with one attached hydrogen (secondary N) is 1. The molecule has 1 unspecified atom stereocenters. The minimum absolute atomic E-state index is 0.365. The summed E-state index contributed by atoms with van der Waals surface area (Å²) in [7, 11) is 1.39. The number of halogens is 1. The molecule has 24 heavy (non-hydrogen) atoms. The van der Waals surface area contributed by atoms with Crippen molar-refractivity contribution in [1.82, 2.24) is 14.8 Å². The van der Waals surface area contributed by atoms with E-state index in [1.807, 2.05) is 37.4 Å². The Labute approximate surface area is 152 Å². The smallest absolute Gasteiger partial charge is 0.338 e. The number of nitrogens with zero attached hydrogens (tertiary/aromatic N) is 3. The molecule has 0 amide bonds. The average Bonchev–Trinajstić information content (AvgIpc) is 3.02. The molecule has 2 aromatic rings. The Bertz CT molecular complexity index is 818. The number of hydrogen-bond acceptors (Lipinski definition) is 6. The van der Waals surface area contributed by atoms with Crippen LogP contribution >= 0.6 is 27.7 Å². The van der Waals surface area contributed by atoms with Gasteiger partial charge in [-0.3, -0.25) is 0 Å². The Morgan fingerprint density at radius 2 is 2.29 bits per heavy atom. The third kappa shape index (κ3) is 2.95. The minimum atomic E-state index is -0.380. The van der Waals surface area contributed by atoms with Gasteiger partial charge in [0.15, 0.2) is 0 Å². The fraction of sp³-hybridized carbons (Fsp3) is 0.312. The number of allylic oxidation sites excluding steroid dienone is 1. The molecule has 0 saturated carbocycles. The summed E-state index contributed by atoms with van der Waals surface area (Å²) in [6, 6.07) is 7.46. The van der Waals surface area contributed by atoms with Gasteiger partial charge >= 0.3 is 5.97 Å². The maximum absolute atomic E-state index is 12.5. The summed E-state index contributed by atoms with van der Waals surface area (Å²) < 4.78 is 7.72. The lowest BCUT2D eigenvalue weighted by molar-refractivity contribution is -0.136. The second-order valence-corrected chi connectivity index (χ2v) is 6.88. The zero-order chi connectivity index (χ0) is 17.3. The van der Waals surface area contributed by atoms with Gasteiger partial charge in [-0.1, -0.05) is 46.7 Å². The molecule has 3 rings (SSSR count). The number of anilines is 1. The summed E-state index contributed by atoms with van der Waals surface area (Å²) in [5, 5.41) is 8.42. The molecular formula is C16H17BrN4O2S. The van der Waals surface area contributed by atoms with E-state index in [1.54, 1.807) is 4.68 Å². The highest BCUT2D eigenvalue weighted by atomic mass is 79.9. The van der Waals surface area contributed by atoms with E-state index in [-0.39, 0.29) is 12.0 Å². The SMILES string of the molecule is CCC1=C(C(=O)OC)C(c2cccc(Br)c2)n2nc(SC)nc2N1. The predicted molar refractivity (Wildman–Crippen MR) is 97.0 cm³/mol. The van der Waals surface area contributed by atoms with Gasteiger partial charge in [-0.15, -0.1) is 5.10 Å². The number of carbonyl (C=O) groups is 1. The van der Waals surface area contributed by atoms with E-state index < -0.39 is 0 Å². The first-order valence-electron chi connectivity index (χ1n) is 7.43. The number of rotatable bonds is 4. The molecule has 1 aromatic carbocycles. The number of hydrogen-bond donors (Lipinski definition) is 1. The van der Waals surface area contributed by atoms with Crippen LogP contribution in [0, 0.1) is 0 Å². The Morgan fingerprint density at radius 1 is 1.50 bits per heavy atom. The van der Waals surface area contributed by atoms with Gasteiger partial charge in [0, 0.05) is 10.2 Å². The standard InChI is InChI=1S/C16H17BrN4O2S/c1-4-11-12(14(22)23-2)13(9-6-5-7-10(17)8-9)21-15(18-11)19-16(20-21)24-3/h5-8,13H,4H2,1-3H3,(H,18,19,20). The normalized spacial score (nSPS) is 16.6. The molecule has 0 aliphatic carbocycles. The first-order valence-corrected chi connectivity index (χ1v) is 9.45. The quantitative estimate of drug-likeness (QED) is 0.615. The van der Waals surface area contributed by atoms with Crippen molar-refractivity contribution in [3.05, 3.63) is 45.6 Å². The van der Waals surface area contributed by atoms with Crippen LogP contribution in [0.25, 0.3) is 0 Å². The van der Waals surface area contributed by atoms with Crippen LogP contribution in [0.5, 0.6) is 0 Å². The van der Waals surface area contributed by atoms with Crippen LogP contribution in [0.15, 0.2) is 45.2 Å². The van der Waals surface area contributed by atoms with E-state index >= 15 is 0 Å². The van der Waals surface area contributed by atoms with Gasteiger partial charge in [-0.2, -0.15) is 4.98 Å². The monoisotopic (exact) mass is 408 g/mol. The molecule has 6 nitrogen and oxygen atoms in total. The molecule has 126 valence electrons. The lowest BCUT2D eigenvalue weighted by atomic mass is 9.95.